The molecule has 1 aliphatic rings. The maximum absolute atomic E-state index is 12.1. The minimum atomic E-state index is -0.813. The Kier molecular flexibility index (Phi) is 8.71. The highest BCUT2D eigenvalue weighted by Gasteiger charge is 2.34. The van der Waals surface area contributed by atoms with E-state index in [-0.39, 0.29) is 5.92 Å². The van der Waals surface area contributed by atoms with E-state index in [1.807, 2.05) is 24.3 Å². The number of methoxy groups -OCH3 is 1. The van der Waals surface area contributed by atoms with Gasteiger partial charge in [0, 0.05) is 28.7 Å². The monoisotopic (exact) mass is 526 g/mol. The number of fused-ring (bicyclic) bond motifs is 1. The number of aliphatic carboxylic acids is 1. The smallest absolute Gasteiger partial charge is 0.308 e. The van der Waals surface area contributed by atoms with Crippen LogP contribution in [0.1, 0.15) is 36.5 Å². The molecule has 36 heavy (non-hydrogen) atoms. The summed E-state index contributed by atoms with van der Waals surface area (Å²) in [6.07, 6.45) is 2.79. The van der Waals surface area contributed by atoms with Gasteiger partial charge >= 0.3 is 5.97 Å². The molecule has 0 aliphatic carbocycles. The van der Waals surface area contributed by atoms with Gasteiger partial charge in [-0.15, -0.1) is 0 Å². The van der Waals surface area contributed by atoms with Gasteiger partial charge in [0.15, 0.2) is 0 Å². The predicted molar refractivity (Wildman–Crippen MR) is 142 cm³/mol. The molecule has 6 nitrogen and oxygen atoms in total. The summed E-state index contributed by atoms with van der Waals surface area (Å²) in [7, 11) is 1.60. The summed E-state index contributed by atoms with van der Waals surface area (Å²) >= 11 is 12.1. The van der Waals surface area contributed by atoms with Crippen LogP contribution < -0.4 is 4.74 Å². The number of aliphatic hydroxyl groups is 1. The Morgan fingerprint density at radius 3 is 2.83 bits per heavy atom. The zero-order chi connectivity index (χ0) is 25.7. The number of carboxylic acids is 1. The number of carboxylic acid groups (broad SMARTS) is 1. The second-order valence-corrected chi connectivity index (χ2v) is 9.87. The molecule has 0 bridgehead atoms. The number of ether oxygens (including phenoxy) is 1. The number of piperidine rings is 1. The maximum atomic E-state index is 12.1. The van der Waals surface area contributed by atoms with Crippen molar-refractivity contribution in [3.05, 3.63) is 69.8 Å². The number of likely N-dealkylation sites (tertiary alicyclic amines) is 1. The van der Waals surface area contributed by atoms with Crippen molar-refractivity contribution < 1.29 is 19.7 Å². The molecule has 0 unspecified atom stereocenters. The number of hydrogen-bond acceptors (Lipinski definition) is 5. The van der Waals surface area contributed by atoms with Crippen molar-refractivity contribution in [1.29, 1.82) is 0 Å². The Morgan fingerprint density at radius 2 is 2.08 bits per heavy atom. The number of rotatable bonds is 7. The minimum Gasteiger partial charge on any atom is -0.497 e. The van der Waals surface area contributed by atoms with Crippen LogP contribution in [0.4, 0.5) is 0 Å². The van der Waals surface area contributed by atoms with Crippen LogP contribution in [0.25, 0.3) is 10.9 Å². The Balaban J connectivity index is 1.38. The molecule has 4 rings (SSSR count). The van der Waals surface area contributed by atoms with Crippen molar-refractivity contribution in [2.45, 2.75) is 25.4 Å². The Hall–Kier alpha value is -2.82. The molecule has 0 spiro atoms. The first-order chi connectivity index (χ1) is 17.4. The predicted octanol–water partition coefficient (Wildman–Crippen LogP) is 5.44. The first-order valence-electron chi connectivity index (χ1n) is 11.9. The number of halogens is 2. The largest absolute Gasteiger partial charge is 0.497 e. The topological polar surface area (TPSA) is 82.9 Å². The zero-order valence-corrected chi connectivity index (χ0v) is 21.5. The second kappa shape index (κ2) is 11.9. The summed E-state index contributed by atoms with van der Waals surface area (Å²) in [5.41, 5.74) is 2.25. The normalized spacial score (nSPS) is 18.9. The summed E-state index contributed by atoms with van der Waals surface area (Å²) in [5, 5.41) is 22.8. The molecule has 0 saturated carbocycles. The Morgan fingerprint density at radius 1 is 1.25 bits per heavy atom. The molecule has 2 N–H and O–H groups in total. The average molecular weight is 527 g/mol. The second-order valence-electron chi connectivity index (χ2n) is 9.03. The van der Waals surface area contributed by atoms with Gasteiger partial charge in [-0.1, -0.05) is 35.0 Å². The van der Waals surface area contributed by atoms with Crippen molar-refractivity contribution in [2.75, 3.05) is 26.7 Å². The molecule has 0 radical (unpaired) electrons. The van der Waals surface area contributed by atoms with Crippen LogP contribution in [-0.4, -0.2) is 52.8 Å². The van der Waals surface area contributed by atoms with E-state index in [2.05, 4.69) is 21.7 Å². The molecule has 0 amide bonds. The van der Waals surface area contributed by atoms with Gasteiger partial charge in [-0.2, -0.15) is 0 Å². The molecular formula is C28H28Cl2N2O4. The summed E-state index contributed by atoms with van der Waals surface area (Å²) in [6, 6.07) is 12.6. The summed E-state index contributed by atoms with van der Waals surface area (Å²) in [5.74, 6) is 5.50. The lowest BCUT2D eigenvalue weighted by Gasteiger charge is -2.36. The molecule has 2 heterocycles. The molecule has 1 aromatic heterocycles. The van der Waals surface area contributed by atoms with Gasteiger partial charge in [-0.05, 0) is 79.8 Å². The quantitative estimate of drug-likeness (QED) is 0.399. The van der Waals surface area contributed by atoms with Gasteiger partial charge in [0.25, 0.3) is 0 Å². The molecular weight excluding hydrogens is 499 g/mol. The molecule has 188 valence electrons. The fraction of sp³-hybridized carbons (Fsp3) is 0.357. The molecule has 1 aliphatic heterocycles. The highest BCUT2D eigenvalue weighted by molar-refractivity contribution is 6.35. The van der Waals surface area contributed by atoms with Crippen molar-refractivity contribution in [3.63, 3.8) is 0 Å². The van der Waals surface area contributed by atoms with E-state index in [0.29, 0.717) is 47.3 Å². The number of aromatic nitrogens is 1. The number of carbonyl (C=O) groups is 1. The van der Waals surface area contributed by atoms with E-state index in [1.54, 1.807) is 31.5 Å². The molecule has 1 saturated heterocycles. The molecule has 1 fully saturated rings. The highest BCUT2D eigenvalue weighted by atomic mass is 35.5. The first kappa shape index (κ1) is 26.2. The first-order valence-corrected chi connectivity index (χ1v) is 12.6. The third-order valence-corrected chi connectivity index (χ3v) is 7.31. The third kappa shape index (κ3) is 6.29. The number of nitrogens with zero attached hydrogens (tertiary/aromatic N) is 2. The van der Waals surface area contributed by atoms with Gasteiger partial charge in [-0.3, -0.25) is 14.7 Å². The van der Waals surface area contributed by atoms with Gasteiger partial charge in [0.05, 0.1) is 36.2 Å². The van der Waals surface area contributed by atoms with Gasteiger partial charge < -0.3 is 14.9 Å². The standard InChI is InChI=1S/C28H28Cl2N2O4/c1-36-21-7-8-26-23(16-21)22(10-12-31-26)27(33)9-5-18-11-14-32(17-24(18)28(34)35)13-2-3-19-4-6-20(29)15-25(19)30/h4,6-8,10,12,15-16,18,24,27,33H,5,9,11,13-14,17H2,1H3,(H,34,35)/t18-,24+,27-/m1/s1. The third-order valence-electron chi connectivity index (χ3n) is 6.77. The lowest BCUT2D eigenvalue weighted by atomic mass is 9.81. The van der Waals surface area contributed by atoms with Crippen LogP contribution in [0.2, 0.25) is 10.0 Å². The fourth-order valence-electron chi connectivity index (χ4n) is 4.77. The molecule has 2 aromatic carbocycles. The van der Waals surface area contributed by atoms with Crippen LogP contribution in [0, 0.1) is 23.7 Å². The number of hydrogen-bond donors (Lipinski definition) is 2. The van der Waals surface area contributed by atoms with E-state index >= 15 is 0 Å². The van der Waals surface area contributed by atoms with Gasteiger partial charge in [0.2, 0.25) is 0 Å². The molecule has 8 heteroatoms. The summed E-state index contributed by atoms with van der Waals surface area (Å²) < 4.78 is 5.33. The Bertz CT molecular complexity index is 1300. The van der Waals surface area contributed by atoms with Crippen molar-refractivity contribution in [3.8, 4) is 17.6 Å². The fourth-order valence-corrected chi connectivity index (χ4v) is 5.22. The number of aliphatic hydroxyl groups excluding tert-OH is 1. The van der Waals surface area contributed by atoms with Gasteiger partial charge in [-0.25, -0.2) is 0 Å². The van der Waals surface area contributed by atoms with E-state index in [0.717, 1.165) is 29.4 Å². The summed E-state index contributed by atoms with van der Waals surface area (Å²) in [4.78, 5) is 18.5. The van der Waals surface area contributed by atoms with Crippen molar-refractivity contribution >= 4 is 40.1 Å². The Labute approximate surface area is 220 Å². The van der Waals surface area contributed by atoms with E-state index in [1.165, 1.54) is 0 Å². The summed E-state index contributed by atoms with van der Waals surface area (Å²) in [6.45, 7) is 1.64. The van der Waals surface area contributed by atoms with Crippen LogP contribution in [0.15, 0.2) is 48.7 Å². The van der Waals surface area contributed by atoms with Crippen LogP contribution in [0.5, 0.6) is 5.75 Å². The van der Waals surface area contributed by atoms with Crippen molar-refractivity contribution in [2.24, 2.45) is 11.8 Å². The lowest BCUT2D eigenvalue weighted by molar-refractivity contribution is -0.146. The molecule has 3 aromatic rings. The number of pyridine rings is 1. The van der Waals surface area contributed by atoms with Crippen LogP contribution >= 0.6 is 23.2 Å². The highest BCUT2D eigenvalue weighted by Crippen LogP contribution is 2.33. The molecule has 3 atom stereocenters. The van der Waals surface area contributed by atoms with Crippen molar-refractivity contribution in [1.82, 2.24) is 9.88 Å². The number of benzene rings is 2. The lowest BCUT2D eigenvalue weighted by Crippen LogP contribution is -2.44. The average Bonchev–Trinajstić information content (AvgIpc) is 2.88. The maximum Gasteiger partial charge on any atom is 0.308 e. The zero-order valence-electron chi connectivity index (χ0n) is 20.0. The van der Waals surface area contributed by atoms with E-state index < -0.39 is 18.0 Å². The van der Waals surface area contributed by atoms with E-state index in [9.17, 15) is 15.0 Å². The minimum absolute atomic E-state index is 0.0188. The van der Waals surface area contributed by atoms with Gasteiger partial charge in [0.1, 0.15) is 5.75 Å². The van der Waals surface area contributed by atoms with E-state index in [4.69, 9.17) is 27.9 Å². The SMILES string of the molecule is COc1ccc2nccc([C@H](O)CC[C@@H]3CCN(CC#Cc4ccc(Cl)cc4Cl)C[C@@H]3C(=O)O)c2c1. The van der Waals surface area contributed by atoms with Crippen LogP contribution in [-0.2, 0) is 4.79 Å². The van der Waals surface area contributed by atoms with Crippen LogP contribution in [0.3, 0.4) is 0 Å².